The summed E-state index contributed by atoms with van der Waals surface area (Å²) in [5.74, 6) is 0.724. The van der Waals surface area contributed by atoms with Gasteiger partial charge in [-0.2, -0.15) is 0 Å². The molecule has 29 heavy (non-hydrogen) atoms. The van der Waals surface area contributed by atoms with Gasteiger partial charge in [0.25, 0.3) is 0 Å². The minimum Gasteiger partial charge on any atom is -0.444 e. The Morgan fingerprint density at radius 2 is 1.97 bits per heavy atom. The highest BCUT2D eigenvalue weighted by molar-refractivity contribution is 6.42. The largest absolute Gasteiger partial charge is 0.444 e. The second-order valence-electron chi connectivity index (χ2n) is 8.10. The summed E-state index contributed by atoms with van der Waals surface area (Å²) in [5, 5.41) is 3.74. The fourth-order valence-corrected chi connectivity index (χ4v) is 3.69. The molecule has 0 aliphatic carbocycles. The van der Waals surface area contributed by atoms with Crippen LogP contribution in [0.1, 0.15) is 33.6 Å². The minimum atomic E-state index is -0.546. The summed E-state index contributed by atoms with van der Waals surface area (Å²) in [7, 11) is 1.71. The highest BCUT2D eigenvalue weighted by Gasteiger charge is 2.30. The Kier molecular flexibility index (Phi) is 6.71. The fraction of sp³-hybridized carbons (Fsp3) is 0.550. The molecule has 1 saturated heterocycles. The Morgan fingerprint density at radius 3 is 2.62 bits per heavy atom. The number of nitrogens with zero attached hydrogens (tertiary/aromatic N) is 3. The topological polar surface area (TPSA) is 76.6 Å². The van der Waals surface area contributed by atoms with Crippen molar-refractivity contribution in [2.75, 3.05) is 25.1 Å². The Labute approximate surface area is 180 Å². The van der Waals surface area contributed by atoms with Gasteiger partial charge < -0.3 is 19.7 Å². The van der Waals surface area contributed by atoms with E-state index < -0.39 is 11.7 Å². The number of nitrogens with one attached hydrogen (secondary N) is 1. The number of methoxy groups -OCH3 is 1. The molecule has 2 heterocycles. The third-order valence-electron chi connectivity index (χ3n) is 4.75. The van der Waals surface area contributed by atoms with E-state index in [-0.39, 0.29) is 12.1 Å². The van der Waals surface area contributed by atoms with Crippen LogP contribution in [0.4, 0.5) is 10.6 Å². The molecular formula is C20H26Cl2N4O3. The van der Waals surface area contributed by atoms with Crippen LogP contribution >= 0.6 is 23.2 Å². The van der Waals surface area contributed by atoms with Crippen molar-refractivity contribution in [3.8, 4) is 0 Å². The summed E-state index contributed by atoms with van der Waals surface area (Å²) in [6, 6.07) is 3.41. The van der Waals surface area contributed by atoms with Gasteiger partial charge in [-0.3, -0.25) is 4.98 Å². The van der Waals surface area contributed by atoms with Gasteiger partial charge in [0, 0.05) is 20.2 Å². The quantitative estimate of drug-likeness (QED) is 0.756. The maximum absolute atomic E-state index is 12.1. The average molecular weight is 441 g/mol. The van der Waals surface area contributed by atoms with Crippen LogP contribution in [0, 0.1) is 0 Å². The maximum atomic E-state index is 12.1. The van der Waals surface area contributed by atoms with Gasteiger partial charge in [-0.15, -0.1) is 0 Å². The number of aromatic nitrogens is 2. The first-order chi connectivity index (χ1) is 13.7. The molecule has 1 aromatic carbocycles. The molecule has 1 N–H and O–H groups in total. The summed E-state index contributed by atoms with van der Waals surface area (Å²) in [6.45, 7) is 6.66. The van der Waals surface area contributed by atoms with Gasteiger partial charge in [-0.1, -0.05) is 23.2 Å². The number of piperidine rings is 1. The molecule has 1 aliphatic heterocycles. The van der Waals surface area contributed by atoms with Crippen molar-refractivity contribution in [1.29, 1.82) is 0 Å². The number of halogens is 2. The SMILES string of the molecule is COC1CCN(c2cnc3cc(Cl)c(Cl)cc3n2)C(CNC(=O)OC(C)(C)C)C1. The van der Waals surface area contributed by atoms with Gasteiger partial charge in [-0.25, -0.2) is 9.78 Å². The van der Waals surface area contributed by atoms with Crippen LogP contribution in [0.25, 0.3) is 11.0 Å². The highest BCUT2D eigenvalue weighted by atomic mass is 35.5. The number of anilines is 1. The minimum absolute atomic E-state index is 0.00394. The van der Waals surface area contributed by atoms with Crippen molar-refractivity contribution in [2.45, 2.75) is 51.4 Å². The van der Waals surface area contributed by atoms with E-state index in [0.29, 0.717) is 27.6 Å². The van der Waals surface area contributed by atoms with E-state index in [1.807, 2.05) is 20.8 Å². The van der Waals surface area contributed by atoms with Gasteiger partial charge in [0.05, 0.1) is 39.4 Å². The first-order valence-electron chi connectivity index (χ1n) is 9.54. The van der Waals surface area contributed by atoms with Crippen molar-refractivity contribution in [1.82, 2.24) is 15.3 Å². The Morgan fingerprint density at radius 1 is 1.28 bits per heavy atom. The molecule has 1 aliphatic rings. The third kappa shape index (κ3) is 5.62. The summed E-state index contributed by atoms with van der Waals surface area (Å²) in [4.78, 5) is 23.5. The van der Waals surface area contributed by atoms with Crippen LogP contribution in [0.15, 0.2) is 18.3 Å². The Balaban J connectivity index is 1.80. The first kappa shape index (κ1) is 21.9. The molecule has 1 amide bonds. The predicted molar refractivity (Wildman–Crippen MR) is 115 cm³/mol. The summed E-state index contributed by atoms with van der Waals surface area (Å²) in [6.07, 6.45) is 3.02. The molecule has 0 bridgehead atoms. The normalized spacial score (nSPS) is 20.0. The Bertz CT molecular complexity index is 888. The van der Waals surface area contributed by atoms with E-state index in [2.05, 4.69) is 15.2 Å². The molecule has 1 aromatic heterocycles. The van der Waals surface area contributed by atoms with Crippen LogP contribution in [-0.4, -0.2) is 54.0 Å². The number of hydrogen-bond donors (Lipinski definition) is 1. The lowest BCUT2D eigenvalue weighted by Gasteiger charge is -2.39. The average Bonchev–Trinajstić information content (AvgIpc) is 2.65. The number of rotatable bonds is 4. The molecule has 2 aromatic rings. The lowest BCUT2D eigenvalue weighted by Crippen LogP contribution is -2.51. The number of hydrogen-bond acceptors (Lipinski definition) is 6. The van der Waals surface area contributed by atoms with E-state index in [4.69, 9.17) is 37.7 Å². The third-order valence-corrected chi connectivity index (χ3v) is 5.47. The van der Waals surface area contributed by atoms with Crippen LogP contribution in [-0.2, 0) is 9.47 Å². The van der Waals surface area contributed by atoms with Crippen LogP contribution in [0.2, 0.25) is 10.0 Å². The highest BCUT2D eigenvalue weighted by Crippen LogP contribution is 2.29. The van der Waals surface area contributed by atoms with Crippen LogP contribution in [0.3, 0.4) is 0 Å². The zero-order chi connectivity index (χ0) is 21.2. The summed E-state index contributed by atoms with van der Waals surface area (Å²) >= 11 is 12.2. The number of alkyl carbamates (subject to hydrolysis) is 1. The van der Waals surface area contributed by atoms with Crippen molar-refractivity contribution in [2.24, 2.45) is 0 Å². The smallest absolute Gasteiger partial charge is 0.407 e. The van der Waals surface area contributed by atoms with E-state index in [1.165, 1.54) is 0 Å². The molecule has 0 radical (unpaired) electrons. The van der Waals surface area contributed by atoms with Gasteiger partial charge in [0.15, 0.2) is 0 Å². The summed E-state index contributed by atoms with van der Waals surface area (Å²) < 4.78 is 10.9. The zero-order valence-electron chi connectivity index (χ0n) is 17.0. The van der Waals surface area contributed by atoms with Gasteiger partial charge >= 0.3 is 6.09 Å². The van der Waals surface area contributed by atoms with E-state index in [1.54, 1.807) is 25.4 Å². The van der Waals surface area contributed by atoms with E-state index in [9.17, 15) is 4.79 Å². The molecule has 0 saturated carbocycles. The van der Waals surface area contributed by atoms with Gasteiger partial charge in [0.1, 0.15) is 11.4 Å². The first-order valence-corrected chi connectivity index (χ1v) is 10.3. The number of benzene rings is 1. The van der Waals surface area contributed by atoms with Crippen LogP contribution < -0.4 is 10.2 Å². The predicted octanol–water partition coefficient (Wildman–Crippen LogP) is 4.45. The van der Waals surface area contributed by atoms with E-state index in [0.717, 1.165) is 25.2 Å². The van der Waals surface area contributed by atoms with Gasteiger partial charge in [0.2, 0.25) is 0 Å². The monoisotopic (exact) mass is 440 g/mol. The van der Waals surface area contributed by atoms with E-state index >= 15 is 0 Å². The maximum Gasteiger partial charge on any atom is 0.407 e. The molecule has 9 heteroatoms. The molecule has 7 nitrogen and oxygen atoms in total. The van der Waals surface area contributed by atoms with Gasteiger partial charge in [-0.05, 0) is 45.7 Å². The molecule has 2 atom stereocenters. The number of fused-ring (bicyclic) bond motifs is 1. The number of amides is 1. The number of carbonyl (C=O) groups excluding carboxylic acids is 1. The molecule has 2 unspecified atom stereocenters. The molecule has 158 valence electrons. The Hall–Kier alpha value is -1.83. The summed E-state index contributed by atoms with van der Waals surface area (Å²) in [5.41, 5.74) is 0.804. The van der Waals surface area contributed by atoms with Crippen molar-refractivity contribution in [3.63, 3.8) is 0 Å². The molecule has 0 spiro atoms. The number of carbonyl (C=O) groups is 1. The standard InChI is InChI=1S/C20H26Cl2N4O3/c1-20(2,3)29-19(27)24-10-12-7-13(28-4)5-6-26(12)18-11-23-16-8-14(21)15(22)9-17(16)25-18/h8-9,11-13H,5-7,10H2,1-4H3,(H,24,27). The van der Waals surface area contributed by atoms with Crippen molar-refractivity contribution < 1.29 is 14.3 Å². The van der Waals surface area contributed by atoms with Crippen molar-refractivity contribution >= 4 is 46.1 Å². The second kappa shape index (κ2) is 8.90. The van der Waals surface area contributed by atoms with Crippen LogP contribution in [0.5, 0.6) is 0 Å². The number of ether oxygens (including phenoxy) is 2. The molecule has 1 fully saturated rings. The molecule has 3 rings (SSSR count). The lowest BCUT2D eigenvalue weighted by atomic mass is 9.99. The zero-order valence-corrected chi connectivity index (χ0v) is 18.5. The van der Waals surface area contributed by atoms with Crippen molar-refractivity contribution in [3.05, 3.63) is 28.4 Å². The molecular weight excluding hydrogens is 415 g/mol. The fourth-order valence-electron chi connectivity index (χ4n) is 3.38. The second-order valence-corrected chi connectivity index (χ2v) is 8.91. The lowest BCUT2D eigenvalue weighted by molar-refractivity contribution is 0.0491.